The number of benzene rings is 1. The molecule has 0 fully saturated rings. The van der Waals surface area contributed by atoms with Crippen LogP contribution in [-0.2, 0) is 12.1 Å². The highest BCUT2D eigenvalue weighted by Gasteiger charge is 2.53. The number of aromatic nitrogens is 1. The predicted octanol–water partition coefficient (Wildman–Crippen LogP) is 4.61. The summed E-state index contributed by atoms with van der Waals surface area (Å²) in [5.41, 5.74) is -4.32. The summed E-state index contributed by atoms with van der Waals surface area (Å²) in [5.74, 6) is -0.947. The minimum absolute atomic E-state index is 0.0729. The topological polar surface area (TPSA) is 50.2 Å². The van der Waals surface area contributed by atoms with Gasteiger partial charge in [0.05, 0.1) is 5.02 Å². The number of ketones is 1. The van der Waals surface area contributed by atoms with Crippen LogP contribution in [0.4, 0.5) is 17.6 Å². The Bertz CT molecular complexity index is 775. The molecular weight excluding hydrogens is 350 g/mol. The van der Waals surface area contributed by atoms with Crippen LogP contribution in [0.25, 0.3) is 0 Å². The molecule has 0 saturated heterocycles. The number of Topliss-reactive ketones (excluding diaryl/α,β-unsaturated/α-hetero) is 1. The number of hydrogen-bond acceptors (Lipinski definition) is 3. The Labute approximate surface area is 139 Å². The molecule has 0 aliphatic heterocycles. The molecular formula is C16H12ClF4NO2. The molecule has 1 heterocycles. The van der Waals surface area contributed by atoms with Gasteiger partial charge >= 0.3 is 6.18 Å². The second-order valence-corrected chi connectivity index (χ2v) is 5.71. The van der Waals surface area contributed by atoms with Crippen molar-refractivity contribution in [3.05, 3.63) is 58.4 Å². The predicted molar refractivity (Wildman–Crippen MR) is 79.9 cm³/mol. The third-order valence-corrected chi connectivity index (χ3v) is 3.88. The molecule has 8 heteroatoms. The molecule has 0 bridgehead atoms. The fraction of sp³-hybridized carbons (Fsp3) is 0.250. The Hall–Kier alpha value is -2.15. The number of halogens is 5. The fourth-order valence-electron chi connectivity index (χ4n) is 2.05. The summed E-state index contributed by atoms with van der Waals surface area (Å²) >= 11 is 5.83. The fourth-order valence-corrected chi connectivity index (χ4v) is 2.28. The maximum absolute atomic E-state index is 14.0. The van der Waals surface area contributed by atoms with Gasteiger partial charge in [0.15, 0.2) is 5.78 Å². The molecule has 1 unspecified atom stereocenters. The lowest BCUT2D eigenvalue weighted by Gasteiger charge is -2.24. The molecule has 1 aromatic carbocycles. The average molecular weight is 362 g/mol. The molecule has 1 aromatic heterocycles. The Morgan fingerprint density at radius 1 is 1.25 bits per heavy atom. The summed E-state index contributed by atoms with van der Waals surface area (Å²) in [6, 6.07) is 3.93. The van der Waals surface area contributed by atoms with Crippen molar-refractivity contribution in [3.63, 3.8) is 0 Å². The summed E-state index contributed by atoms with van der Waals surface area (Å²) in [7, 11) is 0. The van der Waals surface area contributed by atoms with Gasteiger partial charge in [-0.1, -0.05) is 17.7 Å². The quantitative estimate of drug-likeness (QED) is 0.639. The minimum Gasteiger partial charge on any atom is -0.508 e. The molecule has 0 spiro atoms. The molecule has 0 amide bonds. The van der Waals surface area contributed by atoms with Crippen LogP contribution >= 0.6 is 11.6 Å². The smallest absolute Gasteiger partial charge is 0.426 e. The first kappa shape index (κ1) is 18.2. The molecule has 2 aromatic rings. The number of aromatic hydroxyl groups is 1. The molecule has 128 valence electrons. The number of carbonyl (C=O) groups excluding carboxylic acids is 1. The number of nitrogens with zero attached hydrogens (tertiary/aromatic N) is 1. The van der Waals surface area contributed by atoms with Gasteiger partial charge in [-0.05, 0) is 30.7 Å². The van der Waals surface area contributed by atoms with Crippen molar-refractivity contribution in [2.45, 2.75) is 25.2 Å². The van der Waals surface area contributed by atoms with Gasteiger partial charge in [-0.2, -0.15) is 13.2 Å². The second-order valence-electron chi connectivity index (χ2n) is 5.30. The maximum Gasteiger partial charge on any atom is 0.426 e. The van der Waals surface area contributed by atoms with Gasteiger partial charge in [0.1, 0.15) is 5.75 Å². The molecule has 1 atom stereocenters. The van der Waals surface area contributed by atoms with Crippen LogP contribution in [0.5, 0.6) is 5.75 Å². The van der Waals surface area contributed by atoms with E-state index in [1.807, 2.05) is 0 Å². The van der Waals surface area contributed by atoms with Crippen LogP contribution in [0, 0.1) is 0 Å². The highest BCUT2D eigenvalue weighted by atomic mass is 35.5. The number of rotatable bonds is 4. The lowest BCUT2D eigenvalue weighted by molar-refractivity contribution is -0.228. The normalized spacial score (nSPS) is 14.2. The van der Waals surface area contributed by atoms with Crippen LogP contribution in [0.2, 0.25) is 5.02 Å². The molecule has 0 aliphatic carbocycles. The Morgan fingerprint density at radius 3 is 2.50 bits per heavy atom. The van der Waals surface area contributed by atoms with Gasteiger partial charge in [-0.15, -0.1) is 0 Å². The van der Waals surface area contributed by atoms with E-state index in [1.54, 1.807) is 0 Å². The molecule has 24 heavy (non-hydrogen) atoms. The zero-order valence-corrected chi connectivity index (χ0v) is 13.1. The third-order valence-electron chi connectivity index (χ3n) is 3.58. The third kappa shape index (κ3) is 3.51. The largest absolute Gasteiger partial charge is 0.508 e. The Kier molecular flexibility index (Phi) is 4.85. The number of alkyl halides is 4. The van der Waals surface area contributed by atoms with Crippen molar-refractivity contribution in [2.75, 3.05) is 0 Å². The standard InChI is InChI=1S/C16H12ClF4NO2/c1-15(18,16(19,20)21)10-2-3-13(23)9(6-10)7-14(24)11-4-5-22-8-12(11)17/h2-6,8,23H,7H2,1H3. The van der Waals surface area contributed by atoms with E-state index >= 15 is 0 Å². The van der Waals surface area contributed by atoms with E-state index in [9.17, 15) is 27.5 Å². The second kappa shape index (κ2) is 6.39. The monoisotopic (exact) mass is 361 g/mol. The summed E-state index contributed by atoms with van der Waals surface area (Å²) in [6.45, 7) is 0.380. The highest BCUT2D eigenvalue weighted by molar-refractivity contribution is 6.33. The summed E-state index contributed by atoms with van der Waals surface area (Å²) in [6.07, 6.45) is -2.98. The lowest BCUT2D eigenvalue weighted by Crippen LogP contribution is -2.35. The first-order valence-electron chi connectivity index (χ1n) is 6.74. The number of carbonyl (C=O) groups is 1. The van der Waals surface area contributed by atoms with Crippen molar-refractivity contribution in [2.24, 2.45) is 0 Å². The van der Waals surface area contributed by atoms with Crippen LogP contribution in [0.3, 0.4) is 0 Å². The van der Waals surface area contributed by atoms with E-state index in [1.165, 1.54) is 18.5 Å². The van der Waals surface area contributed by atoms with E-state index in [4.69, 9.17) is 11.6 Å². The van der Waals surface area contributed by atoms with Gasteiger partial charge in [-0.25, -0.2) is 4.39 Å². The van der Waals surface area contributed by atoms with E-state index in [0.717, 1.165) is 18.2 Å². The van der Waals surface area contributed by atoms with Crippen LogP contribution in [0.1, 0.15) is 28.4 Å². The Morgan fingerprint density at radius 2 is 1.92 bits per heavy atom. The van der Waals surface area contributed by atoms with E-state index in [2.05, 4.69) is 4.98 Å². The highest BCUT2D eigenvalue weighted by Crippen LogP contribution is 2.43. The molecule has 2 rings (SSSR count). The van der Waals surface area contributed by atoms with Gasteiger partial charge in [0.25, 0.3) is 0 Å². The molecule has 0 saturated carbocycles. The first-order chi connectivity index (χ1) is 11.0. The van der Waals surface area contributed by atoms with E-state index in [-0.39, 0.29) is 16.1 Å². The van der Waals surface area contributed by atoms with Gasteiger partial charge in [0, 0.05) is 29.9 Å². The van der Waals surface area contributed by atoms with Crippen LogP contribution in [0.15, 0.2) is 36.7 Å². The van der Waals surface area contributed by atoms with Gasteiger partial charge in [0.2, 0.25) is 5.67 Å². The zero-order chi connectivity index (χ0) is 18.1. The van der Waals surface area contributed by atoms with Crippen molar-refractivity contribution >= 4 is 17.4 Å². The summed E-state index contributed by atoms with van der Waals surface area (Å²) in [4.78, 5) is 15.9. The zero-order valence-electron chi connectivity index (χ0n) is 12.4. The van der Waals surface area contributed by atoms with Crippen molar-refractivity contribution in [3.8, 4) is 5.75 Å². The van der Waals surface area contributed by atoms with Gasteiger partial charge in [-0.3, -0.25) is 9.78 Å². The van der Waals surface area contributed by atoms with E-state index in [0.29, 0.717) is 6.92 Å². The summed E-state index contributed by atoms with van der Waals surface area (Å²) < 4.78 is 52.5. The van der Waals surface area contributed by atoms with Crippen LogP contribution in [-0.4, -0.2) is 22.1 Å². The average Bonchev–Trinajstić information content (AvgIpc) is 2.48. The molecule has 0 aliphatic rings. The maximum atomic E-state index is 14.0. The van der Waals surface area contributed by atoms with Crippen molar-refractivity contribution < 1.29 is 27.5 Å². The van der Waals surface area contributed by atoms with Crippen molar-refractivity contribution in [1.82, 2.24) is 4.98 Å². The van der Waals surface area contributed by atoms with Gasteiger partial charge < -0.3 is 5.11 Å². The molecule has 1 N–H and O–H groups in total. The lowest BCUT2D eigenvalue weighted by atomic mass is 9.93. The first-order valence-corrected chi connectivity index (χ1v) is 7.12. The van der Waals surface area contributed by atoms with Crippen LogP contribution < -0.4 is 0 Å². The number of phenolic OH excluding ortho intramolecular Hbond substituents is 1. The molecule has 3 nitrogen and oxygen atoms in total. The minimum atomic E-state index is -5.13. The number of hydrogen-bond donors (Lipinski definition) is 1. The van der Waals surface area contributed by atoms with Crippen molar-refractivity contribution in [1.29, 1.82) is 0 Å². The SMILES string of the molecule is CC(F)(c1ccc(O)c(CC(=O)c2ccncc2Cl)c1)C(F)(F)F. The van der Waals surface area contributed by atoms with E-state index < -0.39 is 35.4 Å². The summed E-state index contributed by atoms with van der Waals surface area (Å²) in [5, 5.41) is 9.84. The number of pyridine rings is 1. The Balaban J connectivity index is 2.37. The number of phenols is 1. The molecule has 0 radical (unpaired) electrons.